The van der Waals surface area contributed by atoms with E-state index in [0.29, 0.717) is 13.2 Å². The van der Waals surface area contributed by atoms with E-state index in [1.165, 1.54) is 0 Å². The van der Waals surface area contributed by atoms with E-state index in [2.05, 4.69) is 13.8 Å². The van der Waals surface area contributed by atoms with Crippen LogP contribution >= 0.6 is 0 Å². The Morgan fingerprint density at radius 1 is 0.815 bits per heavy atom. The van der Waals surface area contributed by atoms with E-state index in [1.807, 2.05) is 66.7 Å². The Hall–Kier alpha value is -1.14. The molecule has 0 saturated heterocycles. The van der Waals surface area contributed by atoms with Gasteiger partial charge in [-0.2, -0.15) is 0 Å². The molecule has 0 aliphatic rings. The molecule has 0 aromatic heterocycles. The number of ether oxygens (including phenoxy) is 2. The van der Waals surface area contributed by atoms with Crippen LogP contribution in [0.15, 0.2) is 78.9 Å². The Morgan fingerprint density at radius 3 is 2.19 bits per heavy atom. The normalized spacial score (nSPS) is 10.9. The maximum atomic E-state index is 11.3. The number of hydrogen-bond acceptors (Lipinski definition) is 3. The van der Waals surface area contributed by atoms with Crippen molar-refractivity contribution in [3.63, 3.8) is 0 Å². The molecule has 0 atom stereocenters. The maximum absolute atomic E-state index is 11.3. The molecule has 0 N–H and O–H groups in total. The van der Waals surface area contributed by atoms with Gasteiger partial charge in [0, 0.05) is 5.41 Å². The van der Waals surface area contributed by atoms with Crippen molar-refractivity contribution in [2.45, 2.75) is 25.9 Å². The van der Waals surface area contributed by atoms with E-state index in [-0.39, 0.29) is 62.5 Å². The number of hydrogen-bond donors (Lipinski definition) is 0. The number of benzene rings is 3. The van der Waals surface area contributed by atoms with Crippen LogP contribution in [0.4, 0.5) is 0 Å². The summed E-state index contributed by atoms with van der Waals surface area (Å²) in [5.41, 5.74) is 1.99. The first kappa shape index (κ1) is 22.1. The van der Waals surface area contributed by atoms with Crippen LogP contribution in [0.5, 0.6) is 17.2 Å². The van der Waals surface area contributed by atoms with Crippen LogP contribution in [-0.4, -0.2) is 6.61 Å². The molecule has 27 heavy (non-hydrogen) atoms. The predicted octanol–water partition coefficient (Wildman–Crippen LogP) is 2.05. The molecule has 0 unspecified atom stereocenters. The average molecular weight is 387 g/mol. The topological polar surface area (TPSA) is 41.5 Å². The SMILES string of the molecule is CC(C)(COCc1cccc(Oc2ccccc2)c1)c1ccc([O-])cc1.[K+]. The first-order chi connectivity index (χ1) is 12.5. The first-order valence-electron chi connectivity index (χ1n) is 8.70. The molecule has 0 saturated carbocycles. The summed E-state index contributed by atoms with van der Waals surface area (Å²) in [7, 11) is 0. The number of rotatable bonds is 7. The Balaban J connectivity index is 0.00000261. The fourth-order valence-electron chi connectivity index (χ4n) is 2.74. The van der Waals surface area contributed by atoms with Crippen LogP contribution in [-0.2, 0) is 16.8 Å². The molecule has 0 radical (unpaired) electrons. The van der Waals surface area contributed by atoms with Gasteiger partial charge >= 0.3 is 51.4 Å². The van der Waals surface area contributed by atoms with Gasteiger partial charge in [-0.1, -0.05) is 68.4 Å². The molecule has 0 amide bonds. The van der Waals surface area contributed by atoms with E-state index in [1.54, 1.807) is 12.1 Å². The van der Waals surface area contributed by atoms with E-state index in [4.69, 9.17) is 9.47 Å². The molecule has 3 aromatic rings. The smallest absolute Gasteiger partial charge is 0.872 e. The second-order valence-corrected chi connectivity index (χ2v) is 6.96. The van der Waals surface area contributed by atoms with Crippen molar-refractivity contribution in [2.24, 2.45) is 0 Å². The zero-order chi connectivity index (χ0) is 18.4. The van der Waals surface area contributed by atoms with Gasteiger partial charge in [0.15, 0.2) is 0 Å². The van der Waals surface area contributed by atoms with Crippen molar-refractivity contribution in [2.75, 3.05) is 6.61 Å². The molecule has 0 heterocycles. The second-order valence-electron chi connectivity index (χ2n) is 6.96. The van der Waals surface area contributed by atoms with E-state index >= 15 is 0 Å². The minimum Gasteiger partial charge on any atom is -0.872 e. The Morgan fingerprint density at radius 2 is 1.48 bits per heavy atom. The van der Waals surface area contributed by atoms with Crippen LogP contribution in [0.1, 0.15) is 25.0 Å². The molecule has 3 rings (SSSR count). The van der Waals surface area contributed by atoms with Crippen molar-refractivity contribution in [1.29, 1.82) is 0 Å². The minimum absolute atomic E-state index is 0. The average Bonchev–Trinajstić information content (AvgIpc) is 2.63. The van der Waals surface area contributed by atoms with Crippen molar-refractivity contribution in [3.05, 3.63) is 90.0 Å². The van der Waals surface area contributed by atoms with Gasteiger partial charge in [-0.15, -0.1) is 5.75 Å². The molecule has 3 nitrogen and oxygen atoms in total. The Bertz CT molecular complexity index is 830. The zero-order valence-corrected chi connectivity index (χ0v) is 19.3. The van der Waals surface area contributed by atoms with Crippen molar-refractivity contribution < 1.29 is 66.0 Å². The van der Waals surface area contributed by atoms with Crippen molar-refractivity contribution in [3.8, 4) is 17.2 Å². The molecule has 0 spiro atoms. The van der Waals surface area contributed by atoms with Crippen LogP contribution < -0.4 is 61.2 Å². The van der Waals surface area contributed by atoms with Crippen LogP contribution in [0.25, 0.3) is 0 Å². The molecule has 4 heteroatoms. The summed E-state index contributed by atoms with van der Waals surface area (Å²) in [5, 5.41) is 11.3. The summed E-state index contributed by atoms with van der Waals surface area (Å²) in [4.78, 5) is 0. The molecule has 0 fully saturated rings. The quantitative estimate of drug-likeness (QED) is 0.584. The van der Waals surface area contributed by atoms with Gasteiger partial charge in [0.25, 0.3) is 0 Å². The predicted molar refractivity (Wildman–Crippen MR) is 102 cm³/mol. The molecule has 0 bridgehead atoms. The summed E-state index contributed by atoms with van der Waals surface area (Å²) in [6.45, 7) is 5.30. The third kappa shape index (κ3) is 6.75. The molecule has 134 valence electrons. The second kappa shape index (κ2) is 10.4. The summed E-state index contributed by atoms with van der Waals surface area (Å²) in [6, 6.07) is 24.6. The standard InChI is InChI=1S/C23H24O3.K/c1-23(2,19-11-13-20(24)14-12-19)17-25-16-18-7-6-10-22(15-18)26-21-8-4-3-5-9-21;/h3-15,24H,16-17H2,1-2H3;/q;+1/p-1. The largest absolute Gasteiger partial charge is 1.00 e. The Labute approximate surface area is 203 Å². The summed E-state index contributed by atoms with van der Waals surface area (Å²) in [6.07, 6.45) is 0. The number of para-hydroxylation sites is 1. The van der Waals surface area contributed by atoms with Crippen molar-refractivity contribution in [1.82, 2.24) is 0 Å². The summed E-state index contributed by atoms with van der Waals surface area (Å²) in [5.74, 6) is 1.64. The summed E-state index contributed by atoms with van der Waals surface area (Å²) < 4.78 is 11.8. The van der Waals surface area contributed by atoms with Gasteiger partial charge in [-0.25, -0.2) is 0 Å². The molecular weight excluding hydrogens is 363 g/mol. The van der Waals surface area contributed by atoms with Gasteiger partial charge in [-0.05, 0) is 35.4 Å². The third-order valence-corrected chi connectivity index (χ3v) is 4.24. The maximum Gasteiger partial charge on any atom is 1.00 e. The fourth-order valence-corrected chi connectivity index (χ4v) is 2.74. The molecular formula is C23H23KO3. The third-order valence-electron chi connectivity index (χ3n) is 4.24. The van der Waals surface area contributed by atoms with Crippen LogP contribution in [0.3, 0.4) is 0 Å². The van der Waals surface area contributed by atoms with E-state index < -0.39 is 0 Å². The monoisotopic (exact) mass is 386 g/mol. The molecule has 0 aliphatic carbocycles. The summed E-state index contributed by atoms with van der Waals surface area (Å²) >= 11 is 0. The van der Waals surface area contributed by atoms with Gasteiger partial charge in [-0.3, -0.25) is 0 Å². The van der Waals surface area contributed by atoms with Crippen molar-refractivity contribution >= 4 is 0 Å². The van der Waals surface area contributed by atoms with E-state index in [0.717, 1.165) is 22.6 Å². The van der Waals surface area contributed by atoms with Gasteiger partial charge < -0.3 is 14.6 Å². The molecule has 0 aliphatic heterocycles. The van der Waals surface area contributed by atoms with Crippen LogP contribution in [0, 0.1) is 0 Å². The van der Waals surface area contributed by atoms with Gasteiger partial charge in [0.2, 0.25) is 0 Å². The Kier molecular flexibility index (Phi) is 8.54. The fraction of sp³-hybridized carbons (Fsp3) is 0.217. The van der Waals surface area contributed by atoms with E-state index in [9.17, 15) is 5.11 Å². The molecule has 3 aromatic carbocycles. The van der Waals surface area contributed by atoms with Crippen LogP contribution in [0.2, 0.25) is 0 Å². The zero-order valence-electron chi connectivity index (χ0n) is 16.1. The van der Waals surface area contributed by atoms with Gasteiger partial charge in [0.05, 0.1) is 13.2 Å². The minimum atomic E-state index is -0.161. The first-order valence-corrected chi connectivity index (χ1v) is 8.70. The van der Waals surface area contributed by atoms with Gasteiger partial charge in [0.1, 0.15) is 11.5 Å².